The van der Waals surface area contributed by atoms with Crippen LogP contribution in [0.2, 0.25) is 0 Å². The van der Waals surface area contributed by atoms with Gasteiger partial charge in [-0.05, 0) is 39.3 Å². The lowest BCUT2D eigenvalue weighted by Gasteiger charge is -2.48. The monoisotopic (exact) mass is 401 g/mol. The summed E-state index contributed by atoms with van der Waals surface area (Å²) >= 11 is 0. The quantitative estimate of drug-likeness (QED) is 0.678. The summed E-state index contributed by atoms with van der Waals surface area (Å²) in [7, 11) is 1.28. The van der Waals surface area contributed by atoms with Gasteiger partial charge < -0.3 is 14.5 Å². The zero-order valence-electron chi connectivity index (χ0n) is 17.3. The van der Waals surface area contributed by atoms with Crippen LogP contribution in [-0.2, 0) is 19.1 Å². The molecule has 0 radical (unpaired) electrons. The normalized spacial score (nSPS) is 20.6. The van der Waals surface area contributed by atoms with E-state index in [1.54, 1.807) is 28.0 Å². The number of carbonyl (C=O) groups is 4. The summed E-state index contributed by atoms with van der Waals surface area (Å²) in [6.07, 6.45) is 0.917. The lowest BCUT2D eigenvalue weighted by Crippen LogP contribution is -2.62. The van der Waals surface area contributed by atoms with Crippen LogP contribution in [0.1, 0.15) is 50.4 Å². The van der Waals surface area contributed by atoms with Gasteiger partial charge in [-0.25, -0.2) is 0 Å². The molecule has 1 aromatic carbocycles. The fourth-order valence-electron chi connectivity index (χ4n) is 4.15. The zero-order chi connectivity index (χ0) is 21.3. The van der Waals surface area contributed by atoms with Crippen LogP contribution in [0, 0.1) is 0 Å². The van der Waals surface area contributed by atoms with Gasteiger partial charge in [-0.2, -0.15) is 0 Å². The minimum absolute atomic E-state index is 0.0294. The van der Waals surface area contributed by atoms with E-state index in [1.165, 1.54) is 12.0 Å². The van der Waals surface area contributed by atoms with Crippen LogP contribution < -0.4 is 4.90 Å². The maximum atomic E-state index is 13.2. The molecule has 0 unspecified atom stereocenters. The second-order valence-electron chi connectivity index (χ2n) is 7.86. The molecule has 156 valence electrons. The van der Waals surface area contributed by atoms with Crippen LogP contribution >= 0.6 is 0 Å². The molecule has 0 bridgehead atoms. The Labute approximate surface area is 170 Å². The van der Waals surface area contributed by atoms with Crippen LogP contribution in [0.5, 0.6) is 0 Å². The molecule has 8 heteroatoms. The molecule has 0 saturated carbocycles. The number of benzene rings is 1. The number of rotatable bonds is 6. The van der Waals surface area contributed by atoms with Crippen molar-refractivity contribution in [3.8, 4) is 0 Å². The van der Waals surface area contributed by atoms with E-state index in [1.807, 2.05) is 26.8 Å². The van der Waals surface area contributed by atoms with Crippen molar-refractivity contribution < 1.29 is 23.9 Å². The molecule has 2 aliphatic rings. The Kier molecular flexibility index (Phi) is 5.64. The molecule has 1 atom stereocenters. The summed E-state index contributed by atoms with van der Waals surface area (Å²) in [4.78, 5) is 55.0. The van der Waals surface area contributed by atoms with Crippen molar-refractivity contribution in [2.75, 3.05) is 25.1 Å². The van der Waals surface area contributed by atoms with E-state index in [9.17, 15) is 19.2 Å². The van der Waals surface area contributed by atoms with E-state index in [0.717, 1.165) is 0 Å². The lowest BCUT2D eigenvalue weighted by atomic mass is 9.98. The third-order valence-electron chi connectivity index (χ3n) is 5.77. The number of nitrogens with zero attached hydrogens (tertiary/aromatic N) is 3. The largest absolute Gasteiger partial charge is 0.468 e. The predicted molar refractivity (Wildman–Crippen MR) is 106 cm³/mol. The second-order valence-corrected chi connectivity index (χ2v) is 7.86. The van der Waals surface area contributed by atoms with E-state index in [-0.39, 0.29) is 43.3 Å². The third-order valence-corrected chi connectivity index (χ3v) is 5.77. The van der Waals surface area contributed by atoms with Crippen molar-refractivity contribution in [2.24, 2.45) is 0 Å². The van der Waals surface area contributed by atoms with Crippen LogP contribution in [0.25, 0.3) is 0 Å². The Bertz CT molecular complexity index is 852. The first-order chi connectivity index (χ1) is 13.7. The summed E-state index contributed by atoms with van der Waals surface area (Å²) < 4.78 is 4.67. The molecule has 3 amide bonds. The Morgan fingerprint density at radius 3 is 2.59 bits per heavy atom. The van der Waals surface area contributed by atoms with E-state index in [2.05, 4.69) is 4.74 Å². The highest BCUT2D eigenvalue weighted by Crippen LogP contribution is 2.43. The molecule has 0 N–H and O–H groups in total. The second kappa shape index (κ2) is 7.85. The first kappa shape index (κ1) is 20.8. The van der Waals surface area contributed by atoms with Crippen LogP contribution in [-0.4, -0.2) is 65.4 Å². The number of amides is 3. The maximum Gasteiger partial charge on any atom is 0.325 e. The molecule has 0 aromatic heterocycles. The smallest absolute Gasteiger partial charge is 0.325 e. The highest BCUT2D eigenvalue weighted by molar-refractivity contribution is 6.10. The van der Waals surface area contributed by atoms with E-state index in [4.69, 9.17) is 0 Å². The lowest BCUT2D eigenvalue weighted by molar-refractivity contribution is -0.148. The molecule has 1 fully saturated rings. The molecular formula is C21H27N3O5. The van der Waals surface area contributed by atoms with Crippen LogP contribution in [0.3, 0.4) is 0 Å². The first-order valence-electron chi connectivity index (χ1n) is 9.81. The molecule has 29 heavy (non-hydrogen) atoms. The fraction of sp³-hybridized carbons (Fsp3) is 0.524. The highest BCUT2D eigenvalue weighted by atomic mass is 16.5. The Hall–Kier alpha value is -2.90. The van der Waals surface area contributed by atoms with E-state index in [0.29, 0.717) is 24.1 Å². The topological polar surface area (TPSA) is 87.2 Å². The highest BCUT2D eigenvalue weighted by Gasteiger charge is 2.52. The van der Waals surface area contributed by atoms with Gasteiger partial charge in [0.15, 0.2) is 0 Å². The standard InChI is InChI=1S/C21H27N3O5/c1-14(2)22(13-19(27)29-4)17(25)10-12-23-20(28)15-7-5-6-8-16(15)24-18(26)9-11-21(23,24)3/h5-8,14H,9-13H2,1-4H3/t21-/m1/s1. The Balaban J connectivity index is 1.83. The van der Waals surface area contributed by atoms with E-state index < -0.39 is 11.6 Å². The summed E-state index contributed by atoms with van der Waals surface area (Å²) in [5.41, 5.74) is 0.288. The number of anilines is 1. The van der Waals surface area contributed by atoms with Gasteiger partial charge in [0, 0.05) is 25.4 Å². The van der Waals surface area contributed by atoms with Crippen molar-refractivity contribution >= 4 is 29.4 Å². The van der Waals surface area contributed by atoms with Crippen LogP contribution in [0.4, 0.5) is 5.69 Å². The van der Waals surface area contributed by atoms with Gasteiger partial charge in [0.05, 0.1) is 18.4 Å². The van der Waals surface area contributed by atoms with Crippen molar-refractivity contribution in [3.63, 3.8) is 0 Å². The summed E-state index contributed by atoms with van der Waals surface area (Å²) in [5, 5.41) is 0. The molecule has 2 aliphatic heterocycles. The van der Waals surface area contributed by atoms with Gasteiger partial charge in [-0.15, -0.1) is 0 Å². The van der Waals surface area contributed by atoms with Crippen molar-refractivity contribution in [3.05, 3.63) is 29.8 Å². The SMILES string of the molecule is COC(=O)CN(C(=O)CCN1C(=O)c2ccccc2N2C(=O)CC[C@]12C)C(C)C. The maximum absolute atomic E-state index is 13.2. The van der Waals surface area contributed by atoms with E-state index >= 15 is 0 Å². The van der Waals surface area contributed by atoms with Gasteiger partial charge >= 0.3 is 5.97 Å². The van der Waals surface area contributed by atoms with Crippen molar-refractivity contribution in [2.45, 2.75) is 51.7 Å². The summed E-state index contributed by atoms with van der Waals surface area (Å²) in [6, 6.07) is 6.88. The number of methoxy groups -OCH3 is 1. The molecule has 0 aliphatic carbocycles. The number of carbonyl (C=O) groups excluding carboxylic acids is 4. The number of hydrogen-bond acceptors (Lipinski definition) is 5. The van der Waals surface area contributed by atoms with Crippen LogP contribution in [0.15, 0.2) is 24.3 Å². The summed E-state index contributed by atoms with van der Waals surface area (Å²) in [5.74, 6) is -0.949. The number of fused-ring (bicyclic) bond motifs is 3. The Morgan fingerprint density at radius 1 is 1.24 bits per heavy atom. The number of esters is 1. The van der Waals surface area contributed by atoms with Gasteiger partial charge in [0.25, 0.3) is 5.91 Å². The molecular weight excluding hydrogens is 374 g/mol. The average Bonchev–Trinajstić information content (AvgIpc) is 3.00. The van der Waals surface area contributed by atoms with Gasteiger partial charge in [0.1, 0.15) is 12.2 Å². The molecule has 1 saturated heterocycles. The van der Waals surface area contributed by atoms with Crippen molar-refractivity contribution in [1.29, 1.82) is 0 Å². The number of ether oxygens (including phenoxy) is 1. The zero-order valence-corrected chi connectivity index (χ0v) is 17.3. The summed E-state index contributed by atoms with van der Waals surface area (Å²) in [6.45, 7) is 5.54. The minimum Gasteiger partial charge on any atom is -0.468 e. The Morgan fingerprint density at radius 2 is 1.93 bits per heavy atom. The third kappa shape index (κ3) is 3.59. The van der Waals surface area contributed by atoms with Gasteiger partial charge in [-0.1, -0.05) is 12.1 Å². The fourth-order valence-corrected chi connectivity index (χ4v) is 4.15. The van der Waals surface area contributed by atoms with Gasteiger partial charge in [-0.3, -0.25) is 24.1 Å². The molecule has 3 rings (SSSR count). The average molecular weight is 401 g/mol. The molecule has 2 heterocycles. The van der Waals surface area contributed by atoms with Gasteiger partial charge in [0.2, 0.25) is 11.8 Å². The molecule has 1 aromatic rings. The number of para-hydroxylation sites is 1. The first-order valence-corrected chi connectivity index (χ1v) is 9.81. The molecule has 0 spiro atoms. The van der Waals surface area contributed by atoms with Crippen molar-refractivity contribution in [1.82, 2.24) is 9.80 Å². The number of hydrogen-bond donors (Lipinski definition) is 0. The molecule has 8 nitrogen and oxygen atoms in total. The predicted octanol–water partition coefficient (Wildman–Crippen LogP) is 1.79. The minimum atomic E-state index is -0.798.